The number of nitrogens with one attached hydrogen (secondary N) is 1. The number of H-pyrrole nitrogens is 1. The molecule has 1 amide bonds. The van der Waals surface area contributed by atoms with Gasteiger partial charge in [-0.15, -0.1) is 0 Å². The maximum absolute atomic E-state index is 13.1. The molecule has 2 aromatic heterocycles. The van der Waals surface area contributed by atoms with Crippen molar-refractivity contribution in [3.05, 3.63) is 30.1 Å². The lowest BCUT2D eigenvalue weighted by molar-refractivity contribution is 0.0580. The van der Waals surface area contributed by atoms with Crippen LogP contribution in [0.2, 0.25) is 0 Å². The monoisotopic (exact) mass is 475 g/mol. The molecule has 9 nitrogen and oxygen atoms in total. The van der Waals surface area contributed by atoms with E-state index in [1.165, 1.54) is 10.5 Å². The average Bonchev–Trinajstić information content (AvgIpc) is 3.22. The molecule has 0 spiro atoms. The van der Waals surface area contributed by atoms with Gasteiger partial charge in [0.2, 0.25) is 10.0 Å². The number of hydrogen-bond acceptors (Lipinski definition) is 6. The molecule has 5 heterocycles. The van der Waals surface area contributed by atoms with Crippen molar-refractivity contribution in [2.45, 2.75) is 36.9 Å². The van der Waals surface area contributed by atoms with E-state index in [1.54, 1.807) is 10.5 Å². The molecule has 0 aromatic carbocycles. The van der Waals surface area contributed by atoms with Crippen molar-refractivity contribution in [2.24, 2.45) is 5.92 Å². The number of sulfonamides is 1. The second-order valence-corrected chi connectivity index (χ2v) is 11.9. The molecule has 180 valence electrons. The first-order valence-corrected chi connectivity index (χ1v) is 13.4. The van der Waals surface area contributed by atoms with E-state index in [9.17, 15) is 13.2 Å². The molecule has 3 fully saturated rings. The number of hydrogen-bond donors (Lipinski definition) is 1. The minimum absolute atomic E-state index is 0.225. The summed E-state index contributed by atoms with van der Waals surface area (Å²) in [5.74, 6) is 0.724. The SMILES string of the molecule is CN1CCC(COC(=O)N2CC(S(=O)(=O)N3CCC(c4c[nH]c5ncccc45)CC3)C2)CC1. The molecule has 10 heteroatoms. The molecule has 0 radical (unpaired) electrons. The predicted octanol–water partition coefficient (Wildman–Crippen LogP) is 2.23. The Balaban J connectivity index is 1.09. The summed E-state index contributed by atoms with van der Waals surface area (Å²) >= 11 is 0. The molecule has 0 atom stereocenters. The van der Waals surface area contributed by atoms with Crippen molar-refractivity contribution in [2.75, 3.05) is 52.9 Å². The van der Waals surface area contributed by atoms with Gasteiger partial charge < -0.3 is 19.5 Å². The highest BCUT2D eigenvalue weighted by Gasteiger charge is 2.44. The molecule has 5 rings (SSSR count). The summed E-state index contributed by atoms with van der Waals surface area (Å²) in [5, 5.41) is 0.592. The third-order valence-corrected chi connectivity index (χ3v) is 9.77. The Bertz CT molecular complexity index is 1080. The third-order valence-electron chi connectivity index (χ3n) is 7.54. The van der Waals surface area contributed by atoms with Gasteiger partial charge in [-0.3, -0.25) is 0 Å². The summed E-state index contributed by atoms with van der Waals surface area (Å²) in [5.41, 5.74) is 2.09. The fraction of sp³-hybridized carbons (Fsp3) is 0.652. The average molecular weight is 476 g/mol. The third kappa shape index (κ3) is 4.61. The van der Waals surface area contributed by atoms with Crippen LogP contribution >= 0.6 is 0 Å². The Morgan fingerprint density at radius 2 is 1.88 bits per heavy atom. The summed E-state index contributed by atoms with van der Waals surface area (Å²) in [4.78, 5) is 23.7. The number of aromatic nitrogens is 2. The quantitative estimate of drug-likeness (QED) is 0.712. The summed E-state index contributed by atoms with van der Waals surface area (Å²) in [7, 11) is -1.31. The highest BCUT2D eigenvalue weighted by atomic mass is 32.2. The van der Waals surface area contributed by atoms with Crippen LogP contribution in [0.5, 0.6) is 0 Å². The molecule has 0 unspecified atom stereocenters. The van der Waals surface area contributed by atoms with Crippen molar-refractivity contribution < 1.29 is 17.9 Å². The van der Waals surface area contributed by atoms with E-state index < -0.39 is 15.3 Å². The summed E-state index contributed by atoms with van der Waals surface area (Å²) in [6.07, 6.45) is 7.04. The Morgan fingerprint density at radius 1 is 1.15 bits per heavy atom. The maximum atomic E-state index is 13.1. The number of carbonyl (C=O) groups is 1. The van der Waals surface area contributed by atoms with Crippen LogP contribution in [0.4, 0.5) is 4.79 Å². The highest BCUT2D eigenvalue weighted by Crippen LogP contribution is 2.34. The predicted molar refractivity (Wildman–Crippen MR) is 125 cm³/mol. The molecule has 2 aromatic rings. The van der Waals surface area contributed by atoms with Crippen molar-refractivity contribution in [1.82, 2.24) is 24.1 Å². The van der Waals surface area contributed by atoms with Crippen molar-refractivity contribution in [1.29, 1.82) is 0 Å². The Morgan fingerprint density at radius 3 is 2.61 bits per heavy atom. The molecular formula is C23H33N5O4S. The first-order valence-electron chi connectivity index (χ1n) is 11.9. The number of ether oxygens (including phenoxy) is 1. The Labute approximate surface area is 195 Å². The number of aromatic amines is 1. The topological polar surface area (TPSA) is 98.8 Å². The minimum Gasteiger partial charge on any atom is -0.449 e. The van der Waals surface area contributed by atoms with E-state index in [0.29, 0.717) is 31.5 Å². The summed E-state index contributed by atoms with van der Waals surface area (Å²) < 4.78 is 33.3. The number of piperidine rings is 2. The van der Waals surface area contributed by atoms with Crippen LogP contribution in [-0.4, -0.2) is 96.8 Å². The van der Waals surface area contributed by atoms with Gasteiger partial charge in [0.25, 0.3) is 0 Å². The van der Waals surface area contributed by atoms with Crippen LogP contribution in [0, 0.1) is 5.92 Å². The number of fused-ring (bicyclic) bond motifs is 1. The zero-order chi connectivity index (χ0) is 23.0. The van der Waals surface area contributed by atoms with Crippen LogP contribution in [-0.2, 0) is 14.8 Å². The van der Waals surface area contributed by atoms with Crippen LogP contribution in [0.1, 0.15) is 37.2 Å². The second kappa shape index (κ2) is 9.23. The summed E-state index contributed by atoms with van der Waals surface area (Å²) in [6.45, 7) is 3.96. The first kappa shape index (κ1) is 22.6. The molecule has 3 saturated heterocycles. The fourth-order valence-corrected chi connectivity index (χ4v) is 7.11. The fourth-order valence-electron chi connectivity index (χ4n) is 5.23. The van der Waals surface area contributed by atoms with Crippen molar-refractivity contribution in [3.63, 3.8) is 0 Å². The maximum Gasteiger partial charge on any atom is 0.409 e. The standard InChI is InChI=1S/C23H33N5O4S/c1-26-9-4-17(5-10-26)16-32-23(29)27-14-19(15-27)33(30,31)28-11-6-18(7-12-28)21-13-25-22-20(21)3-2-8-24-22/h2-3,8,13,17-19H,4-7,9-12,14-16H2,1H3,(H,24,25). The molecular weight excluding hydrogens is 442 g/mol. The highest BCUT2D eigenvalue weighted by molar-refractivity contribution is 7.89. The van der Waals surface area contributed by atoms with E-state index in [4.69, 9.17) is 4.74 Å². The van der Waals surface area contributed by atoms with Gasteiger partial charge in [0.15, 0.2) is 0 Å². The normalized spacial score (nSPS) is 22.5. The lowest BCUT2D eigenvalue weighted by atomic mass is 9.90. The van der Waals surface area contributed by atoms with Crippen molar-refractivity contribution >= 4 is 27.1 Å². The van der Waals surface area contributed by atoms with E-state index in [0.717, 1.165) is 49.8 Å². The Hall–Kier alpha value is -2.17. The molecule has 33 heavy (non-hydrogen) atoms. The van der Waals surface area contributed by atoms with Crippen LogP contribution in [0.3, 0.4) is 0 Å². The van der Waals surface area contributed by atoms with E-state index >= 15 is 0 Å². The van der Waals surface area contributed by atoms with Gasteiger partial charge in [0, 0.05) is 44.0 Å². The first-order chi connectivity index (χ1) is 15.9. The zero-order valence-electron chi connectivity index (χ0n) is 19.1. The van der Waals surface area contributed by atoms with Gasteiger partial charge in [0.1, 0.15) is 10.9 Å². The van der Waals surface area contributed by atoms with E-state index in [-0.39, 0.29) is 19.2 Å². The van der Waals surface area contributed by atoms with Gasteiger partial charge in [0.05, 0.1) is 6.61 Å². The lowest BCUT2D eigenvalue weighted by Gasteiger charge is -2.41. The number of amides is 1. The molecule has 3 aliphatic heterocycles. The minimum atomic E-state index is -3.41. The van der Waals surface area contributed by atoms with Gasteiger partial charge >= 0.3 is 6.09 Å². The number of pyridine rings is 1. The largest absolute Gasteiger partial charge is 0.449 e. The molecule has 1 N–H and O–H groups in total. The van der Waals surface area contributed by atoms with Gasteiger partial charge in [-0.25, -0.2) is 22.5 Å². The Kier molecular flexibility index (Phi) is 6.32. The molecule has 0 bridgehead atoms. The smallest absolute Gasteiger partial charge is 0.409 e. The van der Waals surface area contributed by atoms with Gasteiger partial charge in [-0.05, 0) is 75.4 Å². The van der Waals surface area contributed by atoms with Gasteiger partial charge in [-0.1, -0.05) is 0 Å². The zero-order valence-corrected chi connectivity index (χ0v) is 20.0. The van der Waals surface area contributed by atoms with Gasteiger partial charge in [-0.2, -0.15) is 0 Å². The van der Waals surface area contributed by atoms with E-state index in [2.05, 4.69) is 28.0 Å². The molecule has 3 aliphatic rings. The molecule has 0 saturated carbocycles. The number of carbonyl (C=O) groups excluding carboxylic acids is 1. The number of likely N-dealkylation sites (tertiary alicyclic amines) is 2. The van der Waals surface area contributed by atoms with Crippen LogP contribution in [0.25, 0.3) is 11.0 Å². The second-order valence-electron chi connectivity index (χ2n) is 9.71. The number of rotatable bonds is 5. The lowest BCUT2D eigenvalue weighted by Crippen LogP contribution is -2.60. The van der Waals surface area contributed by atoms with E-state index in [1.807, 2.05) is 12.3 Å². The van der Waals surface area contributed by atoms with Crippen molar-refractivity contribution in [3.8, 4) is 0 Å². The molecule has 0 aliphatic carbocycles. The number of nitrogens with zero attached hydrogens (tertiary/aromatic N) is 4. The summed E-state index contributed by atoms with van der Waals surface area (Å²) in [6, 6.07) is 3.99. The van der Waals surface area contributed by atoms with Crippen LogP contribution in [0.15, 0.2) is 24.5 Å². The van der Waals surface area contributed by atoms with Crippen LogP contribution < -0.4 is 0 Å².